The van der Waals surface area contributed by atoms with Crippen LogP contribution in [0.5, 0.6) is 0 Å². The number of nitro groups is 1. The molecule has 8 heteroatoms. The Morgan fingerprint density at radius 2 is 2.19 bits per heavy atom. The van der Waals surface area contributed by atoms with Crippen molar-refractivity contribution in [3.8, 4) is 0 Å². The molecule has 1 aliphatic heterocycles. The van der Waals surface area contributed by atoms with E-state index in [2.05, 4.69) is 10.3 Å². The molecule has 0 bridgehead atoms. The van der Waals surface area contributed by atoms with Crippen molar-refractivity contribution < 1.29 is 19.6 Å². The molecule has 2 N–H and O–H groups in total. The molecule has 0 radical (unpaired) electrons. The van der Waals surface area contributed by atoms with Crippen LogP contribution in [0.15, 0.2) is 12.1 Å². The summed E-state index contributed by atoms with van der Waals surface area (Å²) in [4.78, 5) is 25.8. The summed E-state index contributed by atoms with van der Waals surface area (Å²) in [5.41, 5.74) is -0.642. The van der Waals surface area contributed by atoms with E-state index in [-0.39, 0.29) is 12.2 Å². The minimum Gasteiger partial charge on any atom is -0.481 e. The van der Waals surface area contributed by atoms with Gasteiger partial charge in [-0.15, -0.1) is 0 Å². The Hall–Kier alpha value is -2.22. The zero-order valence-corrected chi connectivity index (χ0v) is 11.7. The summed E-state index contributed by atoms with van der Waals surface area (Å²) in [6.45, 7) is 2.60. The molecule has 2 rings (SSSR count). The van der Waals surface area contributed by atoms with E-state index in [1.807, 2.05) is 0 Å². The first-order valence-electron chi connectivity index (χ1n) is 6.62. The first-order valence-corrected chi connectivity index (χ1v) is 6.62. The van der Waals surface area contributed by atoms with Crippen molar-refractivity contribution in [2.24, 2.45) is 5.41 Å². The van der Waals surface area contributed by atoms with Gasteiger partial charge >= 0.3 is 5.97 Å². The number of aryl methyl sites for hydroxylation is 1. The SMILES string of the molecule is Cc1nc(NCC2(C(=O)O)CCOCC2)ccc1[N+](=O)[O-]. The predicted octanol–water partition coefficient (Wildman–Crippen LogP) is 1.59. The van der Waals surface area contributed by atoms with Crippen LogP contribution in [0.3, 0.4) is 0 Å². The topological polar surface area (TPSA) is 115 Å². The Kier molecular flexibility index (Phi) is 4.37. The highest BCUT2D eigenvalue weighted by molar-refractivity contribution is 5.75. The van der Waals surface area contributed by atoms with Crippen molar-refractivity contribution in [2.45, 2.75) is 19.8 Å². The minimum atomic E-state index is -0.879. The second-order valence-corrected chi connectivity index (χ2v) is 5.11. The molecule has 0 aromatic carbocycles. The maximum absolute atomic E-state index is 11.5. The van der Waals surface area contributed by atoms with Gasteiger partial charge in [0.1, 0.15) is 11.5 Å². The molecule has 1 aliphatic rings. The van der Waals surface area contributed by atoms with Crippen LogP contribution in [0, 0.1) is 22.5 Å². The van der Waals surface area contributed by atoms with Crippen LogP contribution >= 0.6 is 0 Å². The number of hydrogen-bond donors (Lipinski definition) is 2. The molecule has 21 heavy (non-hydrogen) atoms. The lowest BCUT2D eigenvalue weighted by Crippen LogP contribution is -2.42. The molecule has 0 unspecified atom stereocenters. The molecule has 1 fully saturated rings. The fraction of sp³-hybridized carbons (Fsp3) is 0.538. The summed E-state index contributed by atoms with van der Waals surface area (Å²) in [7, 11) is 0. The van der Waals surface area contributed by atoms with Crippen LogP contribution in [0.2, 0.25) is 0 Å². The van der Waals surface area contributed by atoms with Gasteiger partial charge in [0.2, 0.25) is 0 Å². The number of hydrogen-bond acceptors (Lipinski definition) is 6. The molecule has 0 atom stereocenters. The highest BCUT2D eigenvalue weighted by Gasteiger charge is 2.40. The van der Waals surface area contributed by atoms with Crippen molar-refractivity contribution in [1.82, 2.24) is 4.98 Å². The van der Waals surface area contributed by atoms with Gasteiger partial charge in [-0.1, -0.05) is 0 Å². The van der Waals surface area contributed by atoms with E-state index >= 15 is 0 Å². The number of ether oxygens (including phenoxy) is 1. The minimum absolute atomic E-state index is 0.0560. The molecule has 0 aliphatic carbocycles. The summed E-state index contributed by atoms with van der Waals surface area (Å²) in [6.07, 6.45) is 0.864. The number of aliphatic carboxylic acids is 1. The third-order valence-electron chi connectivity index (χ3n) is 3.77. The van der Waals surface area contributed by atoms with E-state index in [0.29, 0.717) is 37.6 Å². The third-order valence-corrected chi connectivity index (χ3v) is 3.77. The van der Waals surface area contributed by atoms with Gasteiger partial charge in [0.25, 0.3) is 5.69 Å². The van der Waals surface area contributed by atoms with Gasteiger partial charge < -0.3 is 15.2 Å². The third kappa shape index (κ3) is 3.27. The highest BCUT2D eigenvalue weighted by atomic mass is 16.6. The fourth-order valence-electron chi connectivity index (χ4n) is 2.33. The number of aromatic nitrogens is 1. The molecule has 0 amide bonds. The molecule has 2 heterocycles. The number of anilines is 1. The number of carbonyl (C=O) groups is 1. The number of pyridine rings is 1. The number of carboxylic acids is 1. The Morgan fingerprint density at radius 1 is 1.52 bits per heavy atom. The molecule has 0 saturated carbocycles. The summed E-state index contributed by atoms with van der Waals surface area (Å²) in [5.74, 6) is -0.429. The lowest BCUT2D eigenvalue weighted by molar-refractivity contribution is -0.385. The second kappa shape index (κ2) is 6.04. The van der Waals surface area contributed by atoms with Crippen molar-refractivity contribution in [3.63, 3.8) is 0 Å². The van der Waals surface area contributed by atoms with E-state index < -0.39 is 16.3 Å². The zero-order chi connectivity index (χ0) is 15.5. The largest absolute Gasteiger partial charge is 0.481 e. The monoisotopic (exact) mass is 295 g/mol. The van der Waals surface area contributed by atoms with Gasteiger partial charge in [-0.2, -0.15) is 0 Å². The molecule has 1 saturated heterocycles. The second-order valence-electron chi connectivity index (χ2n) is 5.11. The molecular weight excluding hydrogens is 278 g/mol. The van der Waals surface area contributed by atoms with Crippen molar-refractivity contribution >= 4 is 17.5 Å². The molecule has 1 aromatic heterocycles. The van der Waals surface area contributed by atoms with Crippen LogP contribution in [0.1, 0.15) is 18.5 Å². The first-order chi connectivity index (χ1) is 9.94. The van der Waals surface area contributed by atoms with Gasteiger partial charge in [-0.3, -0.25) is 14.9 Å². The standard InChI is InChI=1S/C13H17N3O5/c1-9-10(16(19)20)2-3-11(15-9)14-8-13(12(17)18)4-6-21-7-5-13/h2-3H,4-8H2,1H3,(H,14,15)(H,17,18). The van der Waals surface area contributed by atoms with Crippen molar-refractivity contribution in [2.75, 3.05) is 25.1 Å². The molecular formula is C13H17N3O5. The molecule has 114 valence electrons. The average molecular weight is 295 g/mol. The quantitative estimate of drug-likeness (QED) is 0.626. The Morgan fingerprint density at radius 3 is 2.71 bits per heavy atom. The van der Waals surface area contributed by atoms with E-state index in [9.17, 15) is 20.0 Å². The Labute approximate surface area is 121 Å². The number of carboxylic acid groups (broad SMARTS) is 1. The van der Waals surface area contributed by atoms with E-state index in [1.54, 1.807) is 6.92 Å². The summed E-state index contributed by atoms with van der Waals surface area (Å²) in [5, 5.41) is 23.1. The van der Waals surface area contributed by atoms with Crippen molar-refractivity contribution in [3.05, 3.63) is 27.9 Å². The number of rotatable bonds is 5. The molecule has 8 nitrogen and oxygen atoms in total. The lowest BCUT2D eigenvalue weighted by Gasteiger charge is -2.33. The van der Waals surface area contributed by atoms with Gasteiger partial charge in [0, 0.05) is 25.8 Å². The molecule has 0 spiro atoms. The average Bonchev–Trinajstić information content (AvgIpc) is 2.45. The smallest absolute Gasteiger partial charge is 0.311 e. The lowest BCUT2D eigenvalue weighted by atomic mass is 9.80. The maximum atomic E-state index is 11.5. The Balaban J connectivity index is 2.09. The van der Waals surface area contributed by atoms with E-state index in [0.717, 1.165) is 0 Å². The highest BCUT2D eigenvalue weighted by Crippen LogP contribution is 2.31. The predicted molar refractivity (Wildman–Crippen MR) is 74.2 cm³/mol. The van der Waals surface area contributed by atoms with Gasteiger partial charge in [0.15, 0.2) is 0 Å². The zero-order valence-electron chi connectivity index (χ0n) is 11.7. The summed E-state index contributed by atoms with van der Waals surface area (Å²) >= 11 is 0. The van der Waals surface area contributed by atoms with E-state index in [1.165, 1.54) is 12.1 Å². The normalized spacial score (nSPS) is 17.2. The summed E-state index contributed by atoms with van der Waals surface area (Å²) in [6, 6.07) is 2.85. The maximum Gasteiger partial charge on any atom is 0.311 e. The summed E-state index contributed by atoms with van der Waals surface area (Å²) < 4.78 is 5.21. The molecule has 1 aromatic rings. The van der Waals surface area contributed by atoms with Crippen LogP contribution in [0.25, 0.3) is 0 Å². The van der Waals surface area contributed by atoms with E-state index in [4.69, 9.17) is 4.74 Å². The number of nitrogens with zero attached hydrogens (tertiary/aromatic N) is 2. The Bertz CT molecular complexity index is 555. The van der Waals surface area contributed by atoms with Gasteiger partial charge in [-0.25, -0.2) is 4.98 Å². The van der Waals surface area contributed by atoms with Gasteiger partial charge in [-0.05, 0) is 25.8 Å². The first kappa shape index (κ1) is 15.2. The van der Waals surface area contributed by atoms with Crippen LogP contribution < -0.4 is 5.32 Å². The number of nitrogens with one attached hydrogen (secondary N) is 1. The fourth-order valence-corrected chi connectivity index (χ4v) is 2.33. The van der Waals surface area contributed by atoms with Crippen LogP contribution in [-0.4, -0.2) is 40.7 Å². The van der Waals surface area contributed by atoms with Crippen LogP contribution in [-0.2, 0) is 9.53 Å². The van der Waals surface area contributed by atoms with Crippen molar-refractivity contribution in [1.29, 1.82) is 0 Å². The van der Waals surface area contributed by atoms with Gasteiger partial charge in [0.05, 0.1) is 10.3 Å². The van der Waals surface area contributed by atoms with Crippen LogP contribution in [0.4, 0.5) is 11.5 Å².